The number of non-ortho nitro benzene ring substituents is 2. The Morgan fingerprint density at radius 2 is 1.39 bits per heavy atom. The number of hydrogen-bond donors (Lipinski definition) is 1. The molecule has 0 unspecified atom stereocenters. The van der Waals surface area contributed by atoms with Crippen LogP contribution in [0.3, 0.4) is 0 Å². The molecular formula is C16H9N5O6S. The average molecular weight is 399 g/mol. The summed E-state index contributed by atoms with van der Waals surface area (Å²) >= 11 is 0.791. The highest BCUT2D eigenvalue weighted by Crippen LogP contribution is 2.27. The fourth-order valence-corrected chi connectivity index (χ4v) is 2.76. The second-order valence-corrected chi connectivity index (χ2v) is 5.88. The summed E-state index contributed by atoms with van der Waals surface area (Å²) < 4.78 is 7.96. The van der Waals surface area contributed by atoms with Gasteiger partial charge in [0.15, 0.2) is 5.82 Å². The predicted octanol–water partition coefficient (Wildman–Crippen LogP) is 2.84. The average Bonchev–Trinajstić information content (AvgIpc) is 3.15. The van der Waals surface area contributed by atoms with E-state index in [2.05, 4.69) is 14.1 Å². The highest BCUT2D eigenvalue weighted by molar-refractivity contribution is 6.99. The number of ketones is 1. The van der Waals surface area contributed by atoms with E-state index in [1.807, 2.05) is 0 Å². The molecule has 1 amide bonds. The largest absolute Gasteiger partial charge is 0.301 e. The number of anilines is 1. The lowest BCUT2D eigenvalue weighted by Crippen LogP contribution is -2.23. The van der Waals surface area contributed by atoms with Crippen LogP contribution in [0.2, 0.25) is 0 Å². The van der Waals surface area contributed by atoms with Crippen LogP contribution in [-0.2, 0) is 4.79 Å². The third-order valence-electron chi connectivity index (χ3n) is 3.62. The Morgan fingerprint density at radius 3 is 1.93 bits per heavy atom. The van der Waals surface area contributed by atoms with Gasteiger partial charge in [0.2, 0.25) is 0 Å². The number of hydrogen-bond acceptors (Lipinski definition) is 9. The summed E-state index contributed by atoms with van der Waals surface area (Å²) in [6, 6.07) is 10.0. The summed E-state index contributed by atoms with van der Waals surface area (Å²) in [4.78, 5) is 44.6. The number of rotatable bonds is 6. The lowest BCUT2D eigenvalue weighted by atomic mass is 10.1. The highest BCUT2D eigenvalue weighted by Gasteiger charge is 2.21. The van der Waals surface area contributed by atoms with Crippen molar-refractivity contribution in [1.29, 1.82) is 0 Å². The molecule has 11 nitrogen and oxygen atoms in total. The van der Waals surface area contributed by atoms with Gasteiger partial charge in [-0.05, 0) is 24.3 Å². The second-order valence-electron chi connectivity index (χ2n) is 5.35. The number of Topliss-reactive ketones (excluding diaryl/α,β-unsaturated/α-hetero) is 1. The van der Waals surface area contributed by atoms with Crippen LogP contribution in [0.5, 0.6) is 0 Å². The van der Waals surface area contributed by atoms with Crippen LogP contribution >= 0.6 is 11.7 Å². The summed E-state index contributed by atoms with van der Waals surface area (Å²) in [6.07, 6.45) is 0. The van der Waals surface area contributed by atoms with Crippen molar-refractivity contribution in [3.8, 4) is 11.3 Å². The van der Waals surface area contributed by atoms with E-state index < -0.39 is 21.5 Å². The van der Waals surface area contributed by atoms with Gasteiger partial charge in [-0.15, -0.1) is 0 Å². The number of nitro benzene ring substituents is 2. The number of benzene rings is 2. The number of amides is 1. The van der Waals surface area contributed by atoms with E-state index in [1.54, 1.807) is 0 Å². The summed E-state index contributed by atoms with van der Waals surface area (Å²) in [7, 11) is 0. The van der Waals surface area contributed by atoms with Crippen molar-refractivity contribution >= 4 is 40.6 Å². The molecule has 1 aromatic heterocycles. The molecule has 28 heavy (non-hydrogen) atoms. The molecule has 0 aliphatic rings. The van der Waals surface area contributed by atoms with Gasteiger partial charge in [0.1, 0.15) is 5.69 Å². The van der Waals surface area contributed by atoms with Crippen LogP contribution < -0.4 is 5.32 Å². The SMILES string of the molecule is O=C(Nc1nsnc1-c1ccc([N+](=O)[O-])cc1)C(=O)c1ccc([N+](=O)[O-])cc1. The van der Waals surface area contributed by atoms with Crippen LogP contribution in [0.4, 0.5) is 17.2 Å². The Kier molecular flexibility index (Phi) is 5.13. The van der Waals surface area contributed by atoms with Crippen molar-refractivity contribution < 1.29 is 19.4 Å². The maximum absolute atomic E-state index is 12.2. The normalized spacial score (nSPS) is 10.3. The number of carbonyl (C=O) groups excluding carboxylic acids is 2. The van der Waals surface area contributed by atoms with E-state index in [0.717, 1.165) is 23.9 Å². The Hall–Kier alpha value is -4.06. The van der Waals surface area contributed by atoms with Crippen molar-refractivity contribution in [3.05, 3.63) is 74.3 Å². The van der Waals surface area contributed by atoms with Crippen LogP contribution in [0.1, 0.15) is 10.4 Å². The van der Waals surface area contributed by atoms with Crippen molar-refractivity contribution in [2.24, 2.45) is 0 Å². The minimum absolute atomic E-state index is 0.0248. The molecule has 0 saturated heterocycles. The predicted molar refractivity (Wildman–Crippen MR) is 98.1 cm³/mol. The molecule has 2 aromatic carbocycles. The van der Waals surface area contributed by atoms with Gasteiger partial charge in [0.25, 0.3) is 23.1 Å². The molecule has 12 heteroatoms. The molecule has 0 aliphatic carbocycles. The molecule has 140 valence electrons. The first-order valence-electron chi connectivity index (χ1n) is 7.54. The summed E-state index contributed by atoms with van der Waals surface area (Å²) in [5, 5.41) is 23.7. The Balaban J connectivity index is 1.78. The molecule has 1 heterocycles. The van der Waals surface area contributed by atoms with Gasteiger partial charge in [-0.3, -0.25) is 29.8 Å². The van der Waals surface area contributed by atoms with E-state index in [9.17, 15) is 29.8 Å². The lowest BCUT2D eigenvalue weighted by molar-refractivity contribution is -0.385. The molecule has 3 aromatic rings. The van der Waals surface area contributed by atoms with Gasteiger partial charge in [-0.1, -0.05) is 0 Å². The number of carbonyl (C=O) groups is 2. The summed E-state index contributed by atoms with van der Waals surface area (Å²) in [5.74, 6) is -1.87. The smallest absolute Gasteiger partial charge is 0.298 e. The second kappa shape index (κ2) is 7.67. The maximum Gasteiger partial charge on any atom is 0.298 e. The monoisotopic (exact) mass is 399 g/mol. The van der Waals surface area contributed by atoms with E-state index >= 15 is 0 Å². The zero-order valence-electron chi connectivity index (χ0n) is 13.8. The third kappa shape index (κ3) is 3.86. The number of nitrogens with one attached hydrogen (secondary N) is 1. The molecule has 0 atom stereocenters. The van der Waals surface area contributed by atoms with Crippen LogP contribution in [0.25, 0.3) is 11.3 Å². The zero-order valence-corrected chi connectivity index (χ0v) is 14.6. The van der Waals surface area contributed by atoms with Crippen molar-refractivity contribution in [2.75, 3.05) is 5.32 Å². The van der Waals surface area contributed by atoms with Gasteiger partial charge in [-0.25, -0.2) is 0 Å². The molecular weight excluding hydrogens is 390 g/mol. The van der Waals surface area contributed by atoms with Gasteiger partial charge in [0.05, 0.1) is 21.6 Å². The fraction of sp³-hybridized carbons (Fsp3) is 0. The Labute approximate surface area is 160 Å². The van der Waals surface area contributed by atoms with Gasteiger partial charge in [0, 0.05) is 35.4 Å². The van der Waals surface area contributed by atoms with Crippen molar-refractivity contribution in [3.63, 3.8) is 0 Å². The Bertz CT molecular complexity index is 1080. The minimum atomic E-state index is -0.996. The van der Waals surface area contributed by atoms with Gasteiger partial charge in [-0.2, -0.15) is 8.75 Å². The quantitative estimate of drug-likeness (QED) is 0.287. The maximum atomic E-state index is 12.2. The zero-order chi connectivity index (χ0) is 20.3. The number of nitro groups is 2. The van der Waals surface area contributed by atoms with E-state index in [0.29, 0.717) is 5.56 Å². The standard InChI is InChI=1S/C16H9N5O6S/c22-14(10-3-7-12(8-4-10)21(26)27)16(23)17-15-13(18-28-19-15)9-1-5-11(6-2-9)20(24)25/h1-8H,(H,17,19,23). The first-order chi connectivity index (χ1) is 13.4. The van der Waals surface area contributed by atoms with Crippen LogP contribution in [-0.4, -0.2) is 30.3 Å². The van der Waals surface area contributed by atoms with Crippen LogP contribution in [0.15, 0.2) is 48.5 Å². The first kappa shape index (κ1) is 18.7. The Morgan fingerprint density at radius 1 is 0.857 bits per heavy atom. The molecule has 3 rings (SSSR count). The molecule has 0 spiro atoms. The number of aromatic nitrogens is 2. The summed E-state index contributed by atoms with van der Waals surface area (Å²) in [5.41, 5.74) is 0.386. The molecule has 0 aliphatic heterocycles. The highest BCUT2D eigenvalue weighted by atomic mass is 32.1. The van der Waals surface area contributed by atoms with Crippen LogP contribution in [0, 0.1) is 20.2 Å². The third-order valence-corrected chi connectivity index (χ3v) is 4.15. The molecule has 0 bridgehead atoms. The fourth-order valence-electron chi connectivity index (χ4n) is 2.23. The molecule has 0 fully saturated rings. The van der Waals surface area contributed by atoms with E-state index in [-0.39, 0.29) is 28.5 Å². The topological polar surface area (TPSA) is 158 Å². The van der Waals surface area contributed by atoms with Gasteiger partial charge >= 0.3 is 0 Å². The van der Waals surface area contributed by atoms with E-state index in [4.69, 9.17) is 0 Å². The summed E-state index contributed by atoms with van der Waals surface area (Å²) in [6.45, 7) is 0. The molecule has 0 radical (unpaired) electrons. The molecule has 0 saturated carbocycles. The van der Waals surface area contributed by atoms with Crippen molar-refractivity contribution in [1.82, 2.24) is 8.75 Å². The molecule has 1 N–H and O–H groups in total. The first-order valence-corrected chi connectivity index (χ1v) is 8.27. The van der Waals surface area contributed by atoms with Crippen molar-refractivity contribution in [2.45, 2.75) is 0 Å². The minimum Gasteiger partial charge on any atom is -0.301 e. The van der Waals surface area contributed by atoms with Gasteiger partial charge < -0.3 is 5.32 Å². The number of nitrogens with zero attached hydrogens (tertiary/aromatic N) is 4. The van der Waals surface area contributed by atoms with E-state index in [1.165, 1.54) is 36.4 Å². The lowest BCUT2D eigenvalue weighted by Gasteiger charge is -2.04.